The van der Waals surface area contributed by atoms with Crippen molar-refractivity contribution in [1.82, 2.24) is 14.9 Å². The molecule has 0 saturated carbocycles. The Morgan fingerprint density at radius 1 is 1.35 bits per heavy atom. The number of H-pyrrole nitrogens is 1. The van der Waals surface area contributed by atoms with E-state index < -0.39 is 0 Å². The predicted molar refractivity (Wildman–Crippen MR) is 104 cm³/mol. The van der Waals surface area contributed by atoms with E-state index in [1.165, 1.54) is 0 Å². The summed E-state index contributed by atoms with van der Waals surface area (Å²) in [5.74, 6) is 1.53. The van der Waals surface area contributed by atoms with Crippen LogP contribution in [0.15, 0.2) is 46.9 Å². The number of ether oxygens (including phenoxy) is 1. The summed E-state index contributed by atoms with van der Waals surface area (Å²) >= 11 is 3.48. The van der Waals surface area contributed by atoms with Crippen LogP contribution in [0, 0.1) is 6.92 Å². The average molecular weight is 414 g/mol. The molecule has 0 radical (unpaired) electrons. The average Bonchev–Trinajstić information content (AvgIpc) is 3.27. The van der Waals surface area contributed by atoms with E-state index in [4.69, 9.17) is 4.74 Å². The number of benzene rings is 2. The first-order valence-electron chi connectivity index (χ1n) is 8.75. The highest BCUT2D eigenvalue weighted by Crippen LogP contribution is 2.32. The van der Waals surface area contributed by atoms with E-state index in [2.05, 4.69) is 25.9 Å². The number of aryl methyl sites for hydroxylation is 1. The topological polar surface area (TPSA) is 58.2 Å². The van der Waals surface area contributed by atoms with Crippen molar-refractivity contribution < 1.29 is 9.53 Å². The van der Waals surface area contributed by atoms with Gasteiger partial charge in [-0.1, -0.05) is 18.2 Å². The van der Waals surface area contributed by atoms with E-state index in [9.17, 15) is 4.79 Å². The minimum absolute atomic E-state index is 0.0135. The Morgan fingerprint density at radius 3 is 3.00 bits per heavy atom. The molecular weight excluding hydrogens is 394 g/mol. The molecule has 1 saturated heterocycles. The highest BCUT2D eigenvalue weighted by Gasteiger charge is 2.32. The third-order valence-electron chi connectivity index (χ3n) is 4.74. The summed E-state index contributed by atoms with van der Waals surface area (Å²) in [5, 5.41) is 0. The van der Waals surface area contributed by atoms with Crippen LogP contribution < -0.4 is 4.74 Å². The minimum Gasteiger partial charge on any atom is -0.483 e. The van der Waals surface area contributed by atoms with Crippen molar-refractivity contribution in [1.29, 1.82) is 0 Å². The van der Waals surface area contributed by atoms with Crippen molar-refractivity contribution in [2.75, 3.05) is 13.2 Å². The fraction of sp³-hybridized carbons (Fsp3) is 0.300. The van der Waals surface area contributed by atoms with Gasteiger partial charge in [0.1, 0.15) is 11.6 Å². The van der Waals surface area contributed by atoms with Crippen LogP contribution in [0.4, 0.5) is 0 Å². The normalized spacial score (nSPS) is 17.0. The predicted octanol–water partition coefficient (Wildman–Crippen LogP) is 4.38. The van der Waals surface area contributed by atoms with Crippen LogP contribution in [0.25, 0.3) is 11.0 Å². The molecule has 5 nitrogen and oxygen atoms in total. The second-order valence-corrected chi connectivity index (χ2v) is 7.46. The quantitative estimate of drug-likeness (QED) is 0.690. The van der Waals surface area contributed by atoms with E-state index in [-0.39, 0.29) is 18.6 Å². The number of carbonyl (C=O) groups excluding carboxylic acids is 1. The number of halogens is 1. The van der Waals surface area contributed by atoms with Crippen LogP contribution in [0.1, 0.15) is 30.3 Å². The molecule has 1 aromatic heterocycles. The van der Waals surface area contributed by atoms with Crippen LogP contribution in [-0.2, 0) is 4.79 Å². The number of hydrogen-bond acceptors (Lipinski definition) is 3. The van der Waals surface area contributed by atoms with Crippen molar-refractivity contribution in [2.45, 2.75) is 25.8 Å². The molecule has 1 aliphatic rings. The maximum absolute atomic E-state index is 12.7. The number of carbonyl (C=O) groups is 1. The zero-order chi connectivity index (χ0) is 18.1. The highest BCUT2D eigenvalue weighted by atomic mass is 79.9. The van der Waals surface area contributed by atoms with Gasteiger partial charge in [0.2, 0.25) is 0 Å². The molecule has 134 valence electrons. The third kappa shape index (κ3) is 3.33. The molecule has 2 heterocycles. The number of amides is 1. The summed E-state index contributed by atoms with van der Waals surface area (Å²) in [5.41, 5.74) is 3.07. The van der Waals surface area contributed by atoms with Gasteiger partial charge >= 0.3 is 0 Å². The zero-order valence-electron chi connectivity index (χ0n) is 14.5. The Balaban J connectivity index is 1.48. The first-order valence-corrected chi connectivity index (χ1v) is 9.54. The van der Waals surface area contributed by atoms with Crippen LogP contribution in [0.2, 0.25) is 0 Å². The summed E-state index contributed by atoms with van der Waals surface area (Å²) in [4.78, 5) is 22.6. The molecule has 1 unspecified atom stereocenters. The number of aromatic nitrogens is 2. The lowest BCUT2D eigenvalue weighted by Gasteiger charge is -2.23. The van der Waals surface area contributed by atoms with E-state index >= 15 is 0 Å². The number of aromatic amines is 1. The molecule has 0 spiro atoms. The van der Waals surface area contributed by atoms with E-state index in [0.29, 0.717) is 5.75 Å². The van der Waals surface area contributed by atoms with Gasteiger partial charge in [-0.25, -0.2) is 4.98 Å². The number of rotatable bonds is 4. The van der Waals surface area contributed by atoms with Gasteiger partial charge in [-0.2, -0.15) is 0 Å². The summed E-state index contributed by atoms with van der Waals surface area (Å²) in [6.45, 7) is 2.78. The molecule has 1 fully saturated rings. The molecule has 6 heteroatoms. The molecule has 26 heavy (non-hydrogen) atoms. The Hall–Kier alpha value is -2.34. The first kappa shape index (κ1) is 17.1. The SMILES string of the molecule is Cc1ccc(OCC(=O)N2CCCC2c2nc3ccccc3[nH]2)c(Br)c1. The van der Waals surface area contributed by atoms with Crippen molar-refractivity contribution in [3.8, 4) is 5.75 Å². The van der Waals surface area contributed by atoms with Gasteiger partial charge in [-0.3, -0.25) is 4.79 Å². The van der Waals surface area contributed by atoms with Gasteiger partial charge in [0.15, 0.2) is 6.61 Å². The van der Waals surface area contributed by atoms with Crippen molar-refractivity contribution >= 4 is 32.9 Å². The smallest absolute Gasteiger partial charge is 0.261 e. The Kier molecular flexibility index (Phi) is 4.68. The van der Waals surface area contributed by atoms with E-state index in [1.807, 2.05) is 54.3 Å². The fourth-order valence-corrected chi connectivity index (χ4v) is 4.03. The van der Waals surface area contributed by atoms with Gasteiger partial charge in [0.05, 0.1) is 21.5 Å². The molecule has 4 rings (SSSR count). The Labute approximate surface area is 160 Å². The number of fused-ring (bicyclic) bond motifs is 1. The second-order valence-electron chi connectivity index (χ2n) is 6.61. The van der Waals surface area contributed by atoms with Crippen LogP contribution in [0.3, 0.4) is 0 Å². The molecule has 0 bridgehead atoms. The maximum atomic E-state index is 12.7. The summed E-state index contributed by atoms with van der Waals surface area (Å²) < 4.78 is 6.60. The minimum atomic E-state index is -0.0139. The number of imidazole rings is 1. The number of nitrogens with zero attached hydrogens (tertiary/aromatic N) is 2. The second kappa shape index (κ2) is 7.11. The van der Waals surface area contributed by atoms with Crippen molar-refractivity contribution in [2.24, 2.45) is 0 Å². The van der Waals surface area contributed by atoms with Crippen molar-refractivity contribution in [3.63, 3.8) is 0 Å². The lowest BCUT2D eigenvalue weighted by Crippen LogP contribution is -2.34. The van der Waals surface area contributed by atoms with E-state index in [1.54, 1.807) is 0 Å². The Morgan fingerprint density at radius 2 is 2.19 bits per heavy atom. The third-order valence-corrected chi connectivity index (χ3v) is 5.35. The molecule has 1 atom stereocenters. The van der Waals surface area contributed by atoms with Crippen LogP contribution in [-0.4, -0.2) is 33.9 Å². The molecule has 3 aromatic rings. The highest BCUT2D eigenvalue weighted by molar-refractivity contribution is 9.10. The summed E-state index contributed by atoms with van der Waals surface area (Å²) in [6, 6.07) is 13.8. The van der Waals surface area contributed by atoms with Gasteiger partial charge in [0.25, 0.3) is 5.91 Å². The van der Waals surface area contributed by atoms with Gasteiger partial charge in [-0.15, -0.1) is 0 Å². The summed E-state index contributed by atoms with van der Waals surface area (Å²) in [6.07, 6.45) is 1.89. The largest absolute Gasteiger partial charge is 0.483 e. The van der Waals surface area contributed by atoms with Crippen LogP contribution >= 0.6 is 15.9 Å². The first-order chi connectivity index (χ1) is 12.6. The van der Waals surface area contributed by atoms with Gasteiger partial charge in [-0.05, 0) is 65.5 Å². The number of hydrogen-bond donors (Lipinski definition) is 1. The van der Waals surface area contributed by atoms with Gasteiger partial charge in [0, 0.05) is 6.54 Å². The number of para-hydroxylation sites is 2. The Bertz CT molecular complexity index is 920. The molecule has 1 aliphatic heterocycles. The standard InChI is InChI=1S/C20H20BrN3O2/c1-13-8-9-18(14(21)11-13)26-12-19(25)24-10-4-7-17(24)20-22-15-5-2-3-6-16(15)23-20/h2-3,5-6,8-9,11,17H,4,7,10,12H2,1H3,(H,22,23). The molecule has 0 aliphatic carbocycles. The van der Waals surface area contributed by atoms with Crippen LogP contribution in [0.5, 0.6) is 5.75 Å². The molecule has 1 N–H and O–H groups in total. The maximum Gasteiger partial charge on any atom is 0.261 e. The fourth-order valence-electron chi connectivity index (χ4n) is 3.43. The van der Waals surface area contributed by atoms with E-state index in [0.717, 1.165) is 46.3 Å². The molecular formula is C20H20BrN3O2. The van der Waals surface area contributed by atoms with Gasteiger partial charge < -0.3 is 14.6 Å². The monoisotopic (exact) mass is 413 g/mol. The summed E-state index contributed by atoms with van der Waals surface area (Å²) in [7, 11) is 0. The number of nitrogens with one attached hydrogen (secondary N) is 1. The molecule has 2 aromatic carbocycles. The zero-order valence-corrected chi connectivity index (χ0v) is 16.1. The number of likely N-dealkylation sites (tertiary alicyclic amines) is 1. The molecule has 1 amide bonds. The van der Waals surface area contributed by atoms with Crippen molar-refractivity contribution in [3.05, 3.63) is 58.3 Å². The lowest BCUT2D eigenvalue weighted by molar-refractivity contribution is -0.134. The lowest BCUT2D eigenvalue weighted by atomic mass is 10.2.